The molecule has 2 rings (SSSR count). The van der Waals surface area contributed by atoms with Gasteiger partial charge in [-0.25, -0.2) is 0 Å². The zero-order chi connectivity index (χ0) is 14.7. The van der Waals surface area contributed by atoms with Crippen LogP contribution in [-0.4, -0.2) is 19.6 Å². The van der Waals surface area contributed by atoms with Crippen molar-refractivity contribution in [3.05, 3.63) is 29.8 Å². The van der Waals surface area contributed by atoms with Crippen LogP contribution in [0.25, 0.3) is 0 Å². The SMILES string of the molecule is CCc1c(NC(C)c2cnn(C)c2)cnn1CC(C)C. The van der Waals surface area contributed by atoms with Crippen molar-refractivity contribution in [2.24, 2.45) is 13.0 Å². The lowest BCUT2D eigenvalue weighted by Crippen LogP contribution is -2.11. The number of aromatic nitrogens is 4. The van der Waals surface area contributed by atoms with Gasteiger partial charge in [-0.1, -0.05) is 20.8 Å². The maximum Gasteiger partial charge on any atom is 0.0763 e. The van der Waals surface area contributed by atoms with Crippen molar-refractivity contribution in [2.75, 3.05) is 5.32 Å². The number of nitrogens with zero attached hydrogens (tertiary/aromatic N) is 4. The summed E-state index contributed by atoms with van der Waals surface area (Å²) in [6.45, 7) is 9.72. The number of nitrogens with one attached hydrogen (secondary N) is 1. The van der Waals surface area contributed by atoms with Gasteiger partial charge in [0.25, 0.3) is 0 Å². The van der Waals surface area contributed by atoms with Gasteiger partial charge in [0.15, 0.2) is 0 Å². The van der Waals surface area contributed by atoms with Crippen LogP contribution in [0.1, 0.15) is 45.0 Å². The Kier molecular flexibility index (Phi) is 4.47. The molecule has 0 aromatic carbocycles. The minimum Gasteiger partial charge on any atom is -0.376 e. The van der Waals surface area contributed by atoms with Crippen molar-refractivity contribution in [3.63, 3.8) is 0 Å². The van der Waals surface area contributed by atoms with Crippen molar-refractivity contribution in [3.8, 4) is 0 Å². The van der Waals surface area contributed by atoms with Gasteiger partial charge in [-0.15, -0.1) is 0 Å². The third-order valence-corrected chi connectivity index (χ3v) is 3.42. The Bertz CT molecular complexity index is 552. The Balaban J connectivity index is 2.14. The lowest BCUT2D eigenvalue weighted by Gasteiger charge is -2.15. The summed E-state index contributed by atoms with van der Waals surface area (Å²) in [5, 5.41) is 12.3. The number of rotatable bonds is 6. The van der Waals surface area contributed by atoms with E-state index < -0.39 is 0 Å². The van der Waals surface area contributed by atoms with Crippen LogP contribution in [0.2, 0.25) is 0 Å². The molecule has 0 saturated carbocycles. The quantitative estimate of drug-likeness (QED) is 0.881. The van der Waals surface area contributed by atoms with E-state index in [1.54, 1.807) is 0 Å². The fourth-order valence-electron chi connectivity index (χ4n) is 2.39. The highest BCUT2D eigenvalue weighted by Crippen LogP contribution is 2.23. The summed E-state index contributed by atoms with van der Waals surface area (Å²) in [6.07, 6.45) is 6.87. The second-order valence-electron chi connectivity index (χ2n) is 5.75. The topological polar surface area (TPSA) is 47.7 Å². The normalized spacial score (nSPS) is 12.9. The molecule has 2 aromatic rings. The minimum absolute atomic E-state index is 0.228. The summed E-state index contributed by atoms with van der Waals surface area (Å²) in [7, 11) is 1.94. The molecule has 20 heavy (non-hydrogen) atoms. The molecule has 110 valence electrons. The lowest BCUT2D eigenvalue weighted by molar-refractivity contribution is 0.470. The van der Waals surface area contributed by atoms with E-state index in [9.17, 15) is 0 Å². The van der Waals surface area contributed by atoms with Gasteiger partial charge in [0, 0.05) is 25.4 Å². The third-order valence-electron chi connectivity index (χ3n) is 3.42. The highest BCUT2D eigenvalue weighted by molar-refractivity contribution is 5.48. The van der Waals surface area contributed by atoms with Gasteiger partial charge < -0.3 is 5.32 Å². The Hall–Kier alpha value is -1.78. The molecule has 0 saturated heterocycles. The lowest BCUT2D eigenvalue weighted by atomic mass is 10.1. The first-order valence-electron chi connectivity index (χ1n) is 7.31. The number of hydrogen-bond donors (Lipinski definition) is 1. The summed E-state index contributed by atoms with van der Waals surface area (Å²) < 4.78 is 3.94. The molecule has 0 aliphatic rings. The first-order chi connectivity index (χ1) is 9.51. The molecule has 0 spiro atoms. The molecule has 2 heterocycles. The zero-order valence-electron chi connectivity index (χ0n) is 13.1. The first kappa shape index (κ1) is 14.6. The van der Waals surface area contributed by atoms with E-state index in [1.807, 2.05) is 30.3 Å². The number of hydrogen-bond acceptors (Lipinski definition) is 3. The molecule has 1 N–H and O–H groups in total. The van der Waals surface area contributed by atoms with Crippen LogP contribution in [0.15, 0.2) is 18.6 Å². The van der Waals surface area contributed by atoms with Gasteiger partial charge in [0.2, 0.25) is 0 Å². The average Bonchev–Trinajstić information content (AvgIpc) is 2.96. The van der Waals surface area contributed by atoms with E-state index >= 15 is 0 Å². The number of aryl methyl sites for hydroxylation is 1. The van der Waals surface area contributed by atoms with Crippen molar-refractivity contribution in [1.82, 2.24) is 19.6 Å². The highest BCUT2D eigenvalue weighted by atomic mass is 15.3. The molecule has 0 aliphatic heterocycles. The van der Waals surface area contributed by atoms with Crippen molar-refractivity contribution < 1.29 is 0 Å². The van der Waals surface area contributed by atoms with E-state index in [0.717, 1.165) is 18.7 Å². The van der Waals surface area contributed by atoms with Crippen LogP contribution in [0, 0.1) is 5.92 Å². The molecule has 5 heteroatoms. The van der Waals surface area contributed by atoms with Crippen LogP contribution >= 0.6 is 0 Å². The molecular formula is C15H25N5. The Morgan fingerprint density at radius 1 is 1.20 bits per heavy atom. The van der Waals surface area contributed by atoms with E-state index in [0.29, 0.717) is 5.92 Å². The second-order valence-corrected chi connectivity index (χ2v) is 5.75. The summed E-state index contributed by atoms with van der Waals surface area (Å²) in [4.78, 5) is 0. The Morgan fingerprint density at radius 3 is 2.50 bits per heavy atom. The maximum absolute atomic E-state index is 4.51. The Morgan fingerprint density at radius 2 is 1.95 bits per heavy atom. The van der Waals surface area contributed by atoms with Gasteiger partial charge >= 0.3 is 0 Å². The van der Waals surface area contributed by atoms with Crippen LogP contribution in [0.3, 0.4) is 0 Å². The predicted molar refractivity (Wildman–Crippen MR) is 81.7 cm³/mol. The fraction of sp³-hybridized carbons (Fsp3) is 0.600. The monoisotopic (exact) mass is 275 g/mol. The van der Waals surface area contributed by atoms with E-state index in [2.05, 4.69) is 47.9 Å². The summed E-state index contributed by atoms with van der Waals surface area (Å²) in [5.74, 6) is 0.601. The van der Waals surface area contributed by atoms with Gasteiger partial charge in [0.1, 0.15) is 0 Å². The number of anilines is 1. The summed E-state index contributed by atoms with van der Waals surface area (Å²) in [6, 6.07) is 0.228. The second kappa shape index (κ2) is 6.11. The van der Waals surface area contributed by atoms with Crippen LogP contribution in [-0.2, 0) is 20.0 Å². The molecule has 0 fully saturated rings. The van der Waals surface area contributed by atoms with Gasteiger partial charge in [-0.2, -0.15) is 10.2 Å². The van der Waals surface area contributed by atoms with Crippen molar-refractivity contribution >= 4 is 5.69 Å². The van der Waals surface area contributed by atoms with Gasteiger partial charge in [-0.3, -0.25) is 9.36 Å². The van der Waals surface area contributed by atoms with E-state index in [1.165, 1.54) is 11.3 Å². The van der Waals surface area contributed by atoms with Crippen molar-refractivity contribution in [1.29, 1.82) is 0 Å². The molecular weight excluding hydrogens is 250 g/mol. The third kappa shape index (κ3) is 3.21. The zero-order valence-corrected chi connectivity index (χ0v) is 13.1. The predicted octanol–water partition coefficient (Wildman–Crippen LogP) is 3.01. The smallest absolute Gasteiger partial charge is 0.0763 e. The molecule has 0 aliphatic carbocycles. The minimum atomic E-state index is 0.228. The molecule has 5 nitrogen and oxygen atoms in total. The molecule has 2 aromatic heterocycles. The van der Waals surface area contributed by atoms with Crippen LogP contribution < -0.4 is 5.32 Å². The van der Waals surface area contributed by atoms with Crippen LogP contribution in [0.5, 0.6) is 0 Å². The molecule has 0 radical (unpaired) electrons. The molecule has 0 amide bonds. The summed E-state index contributed by atoms with van der Waals surface area (Å²) >= 11 is 0. The average molecular weight is 275 g/mol. The highest BCUT2D eigenvalue weighted by Gasteiger charge is 2.14. The largest absolute Gasteiger partial charge is 0.376 e. The molecule has 0 bridgehead atoms. The molecule has 1 unspecified atom stereocenters. The van der Waals surface area contributed by atoms with E-state index in [4.69, 9.17) is 0 Å². The summed E-state index contributed by atoms with van der Waals surface area (Å²) in [5.41, 5.74) is 3.59. The van der Waals surface area contributed by atoms with Gasteiger partial charge in [0.05, 0.1) is 29.8 Å². The fourth-order valence-corrected chi connectivity index (χ4v) is 2.39. The standard InChI is InChI=1S/C15H25N5/c1-6-15-14(8-17-20(15)9-11(2)3)18-12(4)13-7-16-19(5)10-13/h7-8,10-12,18H,6,9H2,1-5H3. The maximum atomic E-state index is 4.51. The first-order valence-corrected chi connectivity index (χ1v) is 7.31. The molecule has 1 atom stereocenters. The van der Waals surface area contributed by atoms with E-state index in [-0.39, 0.29) is 6.04 Å². The Labute approximate surface area is 121 Å². The van der Waals surface area contributed by atoms with Crippen LogP contribution in [0.4, 0.5) is 5.69 Å². The van der Waals surface area contributed by atoms with Crippen molar-refractivity contribution in [2.45, 2.75) is 46.7 Å². The van der Waals surface area contributed by atoms with Gasteiger partial charge in [-0.05, 0) is 19.3 Å².